The van der Waals surface area contributed by atoms with Crippen LogP contribution in [0.25, 0.3) is 0 Å². The van der Waals surface area contributed by atoms with Gasteiger partial charge in [-0.05, 0) is 100 Å². The molecule has 5 aliphatic rings. The summed E-state index contributed by atoms with van der Waals surface area (Å²) in [6, 6.07) is 0. The predicted octanol–water partition coefficient (Wildman–Crippen LogP) is 3.42. The molecule has 34 heavy (non-hydrogen) atoms. The number of hydrogen-bond donors (Lipinski definition) is 4. The molecule has 0 aromatic carbocycles. The van der Waals surface area contributed by atoms with Gasteiger partial charge in [0.05, 0.1) is 11.7 Å². The van der Waals surface area contributed by atoms with Gasteiger partial charge in [-0.15, -0.1) is 0 Å². The highest BCUT2D eigenvalue weighted by atomic mass is 16.5. The highest BCUT2D eigenvalue weighted by Gasteiger charge is 2.66. The van der Waals surface area contributed by atoms with Crippen LogP contribution in [0.4, 0.5) is 0 Å². The van der Waals surface area contributed by atoms with Crippen molar-refractivity contribution < 1.29 is 9.84 Å². The molecule has 0 saturated heterocycles. The molecular formula is C27H47N5O2. The summed E-state index contributed by atoms with van der Waals surface area (Å²) in [6.07, 6.45) is 14.8. The van der Waals surface area contributed by atoms with E-state index in [9.17, 15) is 5.11 Å². The molecule has 7 heteroatoms. The van der Waals surface area contributed by atoms with Crippen molar-refractivity contribution in [3.8, 4) is 0 Å². The first kappa shape index (κ1) is 24.5. The van der Waals surface area contributed by atoms with E-state index in [1.165, 1.54) is 25.7 Å². The Morgan fingerprint density at radius 3 is 2.85 bits per heavy atom. The molecule has 1 heterocycles. The third-order valence-electron chi connectivity index (χ3n) is 10.9. The molecule has 8 atom stereocenters. The van der Waals surface area contributed by atoms with E-state index < -0.39 is 5.60 Å². The van der Waals surface area contributed by atoms with Crippen LogP contribution in [-0.4, -0.2) is 55.2 Å². The molecule has 4 fully saturated rings. The van der Waals surface area contributed by atoms with Gasteiger partial charge in [0.15, 0.2) is 0 Å². The first-order valence-corrected chi connectivity index (χ1v) is 14.0. The number of aliphatic hydroxyl groups is 1. The van der Waals surface area contributed by atoms with Gasteiger partial charge in [0.25, 0.3) is 0 Å². The second-order valence-electron chi connectivity index (χ2n) is 12.3. The lowest BCUT2D eigenvalue weighted by atomic mass is 9.43. The number of aliphatic imine (C=N–C) groups is 1. The Balaban J connectivity index is 1.26. The standard InChI is InChI=1S/C27H47N5O2/c1-25-10-8-21(34-16-3-13-28)17-19(25)5-6-23-22(25)9-11-26(2)20(7-12-27(23,26)33)18-31-32-24-29-14-4-15-30-24/h18-23,33H,3-17,28H2,1-2H3,(H2,29,30,32)/b31-18+/t19?,20?,21?,22-,23-,25+,26-,27-/m1/s1. The topological polar surface area (TPSA) is 104 Å². The molecule has 7 nitrogen and oxygen atoms in total. The molecule has 3 unspecified atom stereocenters. The van der Waals surface area contributed by atoms with Crippen molar-refractivity contribution in [3.05, 3.63) is 0 Å². The molecule has 0 spiro atoms. The Kier molecular flexibility index (Phi) is 6.99. The summed E-state index contributed by atoms with van der Waals surface area (Å²) in [5.74, 6) is 2.86. The molecule has 0 aromatic rings. The Labute approximate surface area is 205 Å². The molecule has 0 bridgehead atoms. The van der Waals surface area contributed by atoms with Gasteiger partial charge >= 0.3 is 0 Å². The summed E-state index contributed by atoms with van der Waals surface area (Å²) in [5.41, 5.74) is 8.44. The summed E-state index contributed by atoms with van der Waals surface area (Å²) in [7, 11) is 0. The maximum Gasteiger partial charge on any atom is 0.212 e. The summed E-state index contributed by atoms with van der Waals surface area (Å²) in [6.45, 7) is 8.21. The second-order valence-corrected chi connectivity index (χ2v) is 12.3. The molecular weight excluding hydrogens is 426 g/mol. The number of hydrogen-bond acceptors (Lipinski definition) is 7. The van der Waals surface area contributed by atoms with Crippen LogP contribution in [0.5, 0.6) is 0 Å². The zero-order valence-electron chi connectivity index (χ0n) is 21.4. The lowest BCUT2D eigenvalue weighted by molar-refractivity contribution is -0.207. The SMILES string of the molecule is C[C@]12CCC(OCCCN)CC1CC[C@@H]1[C@H]2CC[C@]2(C)C(/C=N/NC3=NCCCN3)CC[C@@]12O. The van der Waals surface area contributed by atoms with Gasteiger partial charge in [-0.3, -0.25) is 4.99 Å². The third kappa shape index (κ3) is 4.09. The van der Waals surface area contributed by atoms with Crippen molar-refractivity contribution in [2.75, 3.05) is 26.2 Å². The molecule has 1 aliphatic heterocycles. The van der Waals surface area contributed by atoms with E-state index in [-0.39, 0.29) is 5.41 Å². The van der Waals surface area contributed by atoms with E-state index >= 15 is 0 Å². The van der Waals surface area contributed by atoms with E-state index in [4.69, 9.17) is 10.5 Å². The predicted molar refractivity (Wildman–Crippen MR) is 137 cm³/mol. The summed E-state index contributed by atoms with van der Waals surface area (Å²) >= 11 is 0. The minimum atomic E-state index is -0.574. The lowest BCUT2D eigenvalue weighted by Gasteiger charge is -2.63. The van der Waals surface area contributed by atoms with Gasteiger partial charge in [-0.2, -0.15) is 5.10 Å². The largest absolute Gasteiger partial charge is 0.389 e. The van der Waals surface area contributed by atoms with Gasteiger partial charge in [0.1, 0.15) is 0 Å². The fourth-order valence-corrected chi connectivity index (χ4v) is 8.75. The van der Waals surface area contributed by atoms with Crippen molar-refractivity contribution in [2.45, 2.75) is 96.2 Å². The van der Waals surface area contributed by atoms with Crippen LogP contribution in [0.3, 0.4) is 0 Å². The summed E-state index contributed by atoms with van der Waals surface area (Å²) < 4.78 is 6.19. The number of hydrazone groups is 1. The van der Waals surface area contributed by atoms with E-state index in [1.807, 2.05) is 0 Å². The fraction of sp³-hybridized carbons (Fsp3) is 0.926. The zero-order valence-corrected chi connectivity index (χ0v) is 21.4. The van der Waals surface area contributed by atoms with E-state index in [0.29, 0.717) is 35.8 Å². The molecule has 0 radical (unpaired) electrons. The number of nitrogens with one attached hydrogen (secondary N) is 2. The Morgan fingerprint density at radius 1 is 1.18 bits per heavy atom. The Hall–Kier alpha value is -1.18. The quantitative estimate of drug-likeness (QED) is 0.269. The van der Waals surface area contributed by atoms with Crippen molar-refractivity contribution in [3.63, 3.8) is 0 Å². The maximum absolute atomic E-state index is 12.3. The normalized spacial score (nSPS) is 46.2. The van der Waals surface area contributed by atoms with E-state index in [0.717, 1.165) is 76.5 Å². The molecule has 0 aromatic heterocycles. The van der Waals surface area contributed by atoms with Crippen LogP contribution < -0.4 is 16.5 Å². The molecule has 5 N–H and O–H groups in total. The van der Waals surface area contributed by atoms with Crippen LogP contribution >= 0.6 is 0 Å². The first-order valence-electron chi connectivity index (χ1n) is 14.0. The highest BCUT2D eigenvalue weighted by molar-refractivity contribution is 5.81. The van der Waals surface area contributed by atoms with Gasteiger partial charge in [0, 0.05) is 37.2 Å². The van der Waals surface area contributed by atoms with Gasteiger partial charge in [0.2, 0.25) is 5.96 Å². The van der Waals surface area contributed by atoms with Gasteiger partial charge in [-0.1, -0.05) is 13.8 Å². The number of nitrogens with zero attached hydrogens (tertiary/aromatic N) is 2. The molecule has 4 saturated carbocycles. The number of rotatable bonds is 6. The van der Waals surface area contributed by atoms with Gasteiger partial charge < -0.3 is 20.9 Å². The van der Waals surface area contributed by atoms with Crippen LogP contribution in [0.1, 0.15) is 84.5 Å². The fourth-order valence-electron chi connectivity index (χ4n) is 8.75. The summed E-state index contributed by atoms with van der Waals surface area (Å²) in [4.78, 5) is 4.45. The molecule has 5 rings (SSSR count). The number of ether oxygens (including phenoxy) is 1. The number of fused-ring (bicyclic) bond motifs is 5. The van der Waals surface area contributed by atoms with E-state index in [2.05, 4.69) is 40.9 Å². The zero-order chi connectivity index (χ0) is 23.8. The summed E-state index contributed by atoms with van der Waals surface area (Å²) in [5, 5.41) is 20.2. The average Bonchev–Trinajstić information content (AvgIpc) is 3.11. The second kappa shape index (κ2) is 9.70. The molecule has 4 aliphatic carbocycles. The Morgan fingerprint density at radius 2 is 2.06 bits per heavy atom. The third-order valence-corrected chi connectivity index (χ3v) is 10.9. The maximum atomic E-state index is 12.3. The van der Waals surface area contributed by atoms with Crippen molar-refractivity contribution in [1.29, 1.82) is 0 Å². The molecule has 0 amide bonds. The van der Waals surface area contributed by atoms with Crippen molar-refractivity contribution in [1.82, 2.24) is 10.7 Å². The van der Waals surface area contributed by atoms with Crippen LogP contribution in [0.15, 0.2) is 10.1 Å². The van der Waals surface area contributed by atoms with Crippen molar-refractivity contribution >= 4 is 12.2 Å². The average molecular weight is 474 g/mol. The Bertz CT molecular complexity index is 789. The lowest BCUT2D eigenvalue weighted by Crippen LogP contribution is -2.62. The smallest absolute Gasteiger partial charge is 0.212 e. The monoisotopic (exact) mass is 473 g/mol. The minimum Gasteiger partial charge on any atom is -0.389 e. The van der Waals surface area contributed by atoms with Crippen LogP contribution in [0, 0.1) is 34.5 Å². The van der Waals surface area contributed by atoms with Crippen LogP contribution in [-0.2, 0) is 4.74 Å². The first-order chi connectivity index (χ1) is 16.4. The highest BCUT2D eigenvalue weighted by Crippen LogP contribution is 2.68. The number of nitrogens with two attached hydrogens (primary N) is 1. The van der Waals surface area contributed by atoms with Crippen molar-refractivity contribution in [2.24, 2.45) is 50.3 Å². The molecule has 192 valence electrons. The number of guanidine groups is 1. The van der Waals surface area contributed by atoms with Crippen LogP contribution in [0.2, 0.25) is 0 Å². The minimum absolute atomic E-state index is 0.0904. The van der Waals surface area contributed by atoms with Gasteiger partial charge in [-0.25, -0.2) is 5.43 Å². The van der Waals surface area contributed by atoms with E-state index in [1.54, 1.807) is 0 Å².